The van der Waals surface area contributed by atoms with Gasteiger partial charge in [0.25, 0.3) is 5.91 Å². The molecule has 1 aromatic heterocycles. The Morgan fingerprint density at radius 3 is 2.52 bits per heavy atom. The Labute approximate surface area is 158 Å². The van der Waals surface area contributed by atoms with Crippen LogP contribution in [-0.2, 0) is 6.54 Å². The lowest BCUT2D eigenvalue weighted by Gasteiger charge is -2.34. The summed E-state index contributed by atoms with van der Waals surface area (Å²) < 4.78 is 1.81. The number of aromatic nitrogens is 3. The van der Waals surface area contributed by atoms with E-state index in [0.29, 0.717) is 5.56 Å². The van der Waals surface area contributed by atoms with Gasteiger partial charge in [-0.3, -0.25) is 4.79 Å². The maximum atomic E-state index is 12.6. The van der Waals surface area contributed by atoms with E-state index in [1.165, 1.54) is 5.69 Å². The van der Waals surface area contributed by atoms with Gasteiger partial charge < -0.3 is 15.1 Å². The Morgan fingerprint density at radius 1 is 1.07 bits per heavy atom. The van der Waals surface area contributed by atoms with Crippen molar-refractivity contribution in [3.05, 3.63) is 48.0 Å². The number of hydrogen-bond acceptors (Lipinski definition) is 5. The first-order valence-corrected chi connectivity index (χ1v) is 9.32. The smallest absolute Gasteiger partial charge is 0.255 e. The van der Waals surface area contributed by atoms with Crippen molar-refractivity contribution in [1.29, 1.82) is 0 Å². The van der Waals surface area contributed by atoms with Crippen LogP contribution in [0, 0.1) is 0 Å². The van der Waals surface area contributed by atoms with Gasteiger partial charge in [-0.2, -0.15) is 0 Å². The molecule has 7 heteroatoms. The monoisotopic (exact) mass is 364 g/mol. The van der Waals surface area contributed by atoms with E-state index in [2.05, 4.69) is 44.6 Å². The number of carbonyl (C=O) groups excluding carboxylic acids is 1. The van der Waals surface area contributed by atoms with Crippen molar-refractivity contribution in [3.8, 4) is 0 Å². The summed E-state index contributed by atoms with van der Waals surface area (Å²) in [7, 11) is 2.15. The van der Waals surface area contributed by atoms with E-state index in [-0.39, 0.29) is 5.91 Å². The maximum Gasteiger partial charge on any atom is 0.255 e. The summed E-state index contributed by atoms with van der Waals surface area (Å²) in [6.07, 6.45) is 0. The SMILES string of the molecule is CCn1nnc2cc(C(=O)Nc3ccc(N4CCN(C)CC4)cc3)ccc21. The highest BCUT2D eigenvalue weighted by Crippen LogP contribution is 2.20. The molecule has 0 aliphatic carbocycles. The average Bonchev–Trinajstić information content (AvgIpc) is 3.11. The summed E-state index contributed by atoms with van der Waals surface area (Å²) in [5.74, 6) is -0.143. The third-order valence-corrected chi connectivity index (χ3v) is 5.07. The molecule has 0 unspecified atom stereocenters. The molecule has 1 saturated heterocycles. The van der Waals surface area contributed by atoms with Gasteiger partial charge in [-0.25, -0.2) is 4.68 Å². The van der Waals surface area contributed by atoms with Gasteiger partial charge in [-0.05, 0) is 56.4 Å². The molecule has 4 rings (SSSR count). The van der Waals surface area contributed by atoms with Gasteiger partial charge in [0.2, 0.25) is 0 Å². The highest BCUT2D eigenvalue weighted by Gasteiger charge is 2.14. The van der Waals surface area contributed by atoms with E-state index in [1.807, 2.05) is 35.9 Å². The van der Waals surface area contributed by atoms with Gasteiger partial charge in [0.1, 0.15) is 5.52 Å². The molecule has 1 fully saturated rings. The molecule has 0 spiro atoms. The molecule has 7 nitrogen and oxygen atoms in total. The standard InChI is InChI=1S/C20H24N6O/c1-3-26-19-9-4-15(14-18(19)22-23-26)20(27)21-16-5-7-17(8-6-16)25-12-10-24(2)11-13-25/h4-9,14H,3,10-13H2,1-2H3,(H,21,27). The first-order chi connectivity index (χ1) is 13.1. The fraction of sp³-hybridized carbons (Fsp3) is 0.350. The summed E-state index contributed by atoms with van der Waals surface area (Å²) in [5.41, 5.74) is 4.23. The van der Waals surface area contributed by atoms with E-state index < -0.39 is 0 Å². The second-order valence-electron chi connectivity index (χ2n) is 6.90. The van der Waals surface area contributed by atoms with Crippen molar-refractivity contribution in [1.82, 2.24) is 19.9 Å². The van der Waals surface area contributed by atoms with Crippen LogP contribution in [0.25, 0.3) is 11.0 Å². The van der Waals surface area contributed by atoms with Crippen molar-refractivity contribution in [3.63, 3.8) is 0 Å². The number of fused-ring (bicyclic) bond motifs is 1. The number of nitrogens with zero attached hydrogens (tertiary/aromatic N) is 5. The molecule has 1 N–H and O–H groups in total. The lowest BCUT2D eigenvalue weighted by molar-refractivity contribution is 0.102. The number of benzene rings is 2. The van der Waals surface area contributed by atoms with Crippen LogP contribution in [0.2, 0.25) is 0 Å². The largest absolute Gasteiger partial charge is 0.369 e. The first-order valence-electron chi connectivity index (χ1n) is 9.32. The molecule has 0 saturated carbocycles. The minimum absolute atomic E-state index is 0.143. The molecule has 2 heterocycles. The fourth-order valence-electron chi connectivity index (χ4n) is 3.37. The van der Waals surface area contributed by atoms with Crippen molar-refractivity contribution in [2.24, 2.45) is 0 Å². The molecule has 0 bridgehead atoms. The van der Waals surface area contributed by atoms with Crippen molar-refractivity contribution >= 4 is 28.3 Å². The second-order valence-corrected chi connectivity index (χ2v) is 6.90. The molecule has 1 aliphatic rings. The Kier molecular flexibility index (Phi) is 4.77. The van der Waals surface area contributed by atoms with Gasteiger partial charge in [-0.15, -0.1) is 5.10 Å². The zero-order valence-electron chi connectivity index (χ0n) is 15.7. The number of carbonyl (C=O) groups is 1. The molecule has 27 heavy (non-hydrogen) atoms. The summed E-state index contributed by atoms with van der Waals surface area (Å²) in [4.78, 5) is 17.3. The van der Waals surface area contributed by atoms with E-state index >= 15 is 0 Å². The summed E-state index contributed by atoms with van der Waals surface area (Å²) in [5, 5.41) is 11.2. The minimum atomic E-state index is -0.143. The highest BCUT2D eigenvalue weighted by atomic mass is 16.1. The van der Waals surface area contributed by atoms with Gasteiger partial charge >= 0.3 is 0 Å². The molecule has 140 valence electrons. The lowest BCUT2D eigenvalue weighted by atomic mass is 10.1. The average molecular weight is 364 g/mol. The summed E-state index contributed by atoms with van der Waals surface area (Å²) in [6, 6.07) is 13.5. The maximum absolute atomic E-state index is 12.6. The summed E-state index contributed by atoms with van der Waals surface area (Å²) in [6.45, 7) is 6.97. The number of rotatable bonds is 4. The van der Waals surface area contributed by atoms with Crippen molar-refractivity contribution in [2.75, 3.05) is 43.4 Å². The molecule has 0 atom stereocenters. The number of nitrogens with one attached hydrogen (secondary N) is 1. The quantitative estimate of drug-likeness (QED) is 0.770. The second kappa shape index (κ2) is 7.36. The molecule has 1 aliphatic heterocycles. The Balaban J connectivity index is 1.45. The Morgan fingerprint density at radius 2 is 1.81 bits per heavy atom. The van der Waals surface area contributed by atoms with Crippen molar-refractivity contribution in [2.45, 2.75) is 13.5 Å². The van der Waals surface area contributed by atoms with Crippen molar-refractivity contribution < 1.29 is 4.79 Å². The van der Waals surface area contributed by atoms with Crippen LogP contribution >= 0.6 is 0 Å². The van der Waals surface area contributed by atoms with Crippen LogP contribution in [0.5, 0.6) is 0 Å². The predicted molar refractivity (Wildman–Crippen MR) is 107 cm³/mol. The van der Waals surface area contributed by atoms with Crippen LogP contribution in [0.4, 0.5) is 11.4 Å². The van der Waals surface area contributed by atoms with E-state index in [9.17, 15) is 4.79 Å². The van der Waals surface area contributed by atoms with Gasteiger partial charge in [0.05, 0.1) is 5.52 Å². The number of hydrogen-bond donors (Lipinski definition) is 1. The molecule has 3 aromatic rings. The molecule has 2 aromatic carbocycles. The Hall–Kier alpha value is -2.93. The van der Waals surface area contributed by atoms with Gasteiger partial charge in [0.15, 0.2) is 0 Å². The van der Waals surface area contributed by atoms with Crippen LogP contribution in [0.1, 0.15) is 17.3 Å². The lowest BCUT2D eigenvalue weighted by Crippen LogP contribution is -2.44. The third-order valence-electron chi connectivity index (χ3n) is 5.07. The number of amides is 1. The molecule has 0 radical (unpaired) electrons. The number of anilines is 2. The van der Waals surface area contributed by atoms with Crippen LogP contribution in [0.15, 0.2) is 42.5 Å². The fourth-order valence-corrected chi connectivity index (χ4v) is 3.37. The molecular formula is C20H24N6O. The first kappa shape index (κ1) is 17.5. The van der Waals surface area contributed by atoms with Crippen LogP contribution in [0.3, 0.4) is 0 Å². The number of likely N-dealkylation sites (N-methyl/N-ethyl adjacent to an activating group) is 1. The summed E-state index contributed by atoms with van der Waals surface area (Å²) >= 11 is 0. The van der Waals surface area contributed by atoms with Gasteiger partial charge in [-0.1, -0.05) is 5.21 Å². The van der Waals surface area contributed by atoms with Crippen LogP contribution < -0.4 is 10.2 Å². The van der Waals surface area contributed by atoms with Crippen LogP contribution in [-0.4, -0.2) is 59.0 Å². The van der Waals surface area contributed by atoms with E-state index in [1.54, 1.807) is 6.07 Å². The third kappa shape index (κ3) is 3.64. The molecule has 1 amide bonds. The minimum Gasteiger partial charge on any atom is -0.369 e. The zero-order chi connectivity index (χ0) is 18.8. The van der Waals surface area contributed by atoms with E-state index in [0.717, 1.165) is 49.4 Å². The molecular weight excluding hydrogens is 340 g/mol. The predicted octanol–water partition coefficient (Wildman–Crippen LogP) is 2.46. The van der Waals surface area contributed by atoms with Gasteiger partial charge in [0, 0.05) is 49.7 Å². The normalized spacial score (nSPS) is 15.3. The van der Waals surface area contributed by atoms with E-state index in [4.69, 9.17) is 0 Å². The Bertz CT molecular complexity index is 941. The zero-order valence-corrected chi connectivity index (χ0v) is 15.7. The highest BCUT2D eigenvalue weighted by molar-refractivity contribution is 6.05. The number of aryl methyl sites for hydroxylation is 1. The number of piperazine rings is 1. The topological polar surface area (TPSA) is 66.3 Å².